The van der Waals surface area contributed by atoms with Gasteiger partial charge in [0.05, 0.1) is 17.2 Å². The summed E-state index contributed by atoms with van der Waals surface area (Å²) in [5.41, 5.74) is -0.417. The molecule has 2 amide bonds. The molecular formula is C11H15ClN2O3. The van der Waals surface area contributed by atoms with E-state index in [9.17, 15) is 9.59 Å². The molecule has 0 fully saturated rings. The minimum atomic E-state index is -0.680. The van der Waals surface area contributed by atoms with Gasteiger partial charge in [0, 0.05) is 13.6 Å². The Morgan fingerprint density at radius 3 is 2.59 bits per heavy atom. The lowest BCUT2D eigenvalue weighted by Crippen LogP contribution is -2.43. The Kier molecular flexibility index (Phi) is 4.17. The molecule has 94 valence electrons. The lowest BCUT2D eigenvalue weighted by atomic mass is 9.92. The standard InChI is InChI=1S/C11H15ClN2O3/c1-11(2,10(16)13-3)6-14-9(15)7-4-5-17-8(7)12/h4-5H,6H2,1-3H3,(H,13,16)(H,14,15). The summed E-state index contributed by atoms with van der Waals surface area (Å²) in [4.78, 5) is 23.2. The molecule has 6 heteroatoms. The molecule has 0 radical (unpaired) electrons. The van der Waals surface area contributed by atoms with Crippen molar-refractivity contribution in [1.82, 2.24) is 10.6 Å². The van der Waals surface area contributed by atoms with Crippen molar-refractivity contribution in [3.05, 3.63) is 23.1 Å². The Morgan fingerprint density at radius 1 is 1.47 bits per heavy atom. The first kappa shape index (κ1) is 13.6. The third kappa shape index (κ3) is 3.23. The lowest BCUT2D eigenvalue weighted by molar-refractivity contribution is -0.128. The van der Waals surface area contributed by atoms with Crippen LogP contribution in [0.2, 0.25) is 5.22 Å². The SMILES string of the molecule is CNC(=O)C(C)(C)CNC(=O)c1ccoc1Cl. The highest BCUT2D eigenvalue weighted by atomic mass is 35.5. The minimum Gasteiger partial charge on any atom is -0.452 e. The molecule has 0 aliphatic carbocycles. The third-order valence-electron chi connectivity index (χ3n) is 2.40. The van der Waals surface area contributed by atoms with Crippen LogP contribution in [0.5, 0.6) is 0 Å². The van der Waals surface area contributed by atoms with Crippen LogP contribution in [0, 0.1) is 5.41 Å². The number of hydrogen-bond acceptors (Lipinski definition) is 3. The van der Waals surface area contributed by atoms with Crippen molar-refractivity contribution in [2.24, 2.45) is 5.41 Å². The zero-order valence-electron chi connectivity index (χ0n) is 9.96. The number of carbonyl (C=O) groups excluding carboxylic acids is 2. The van der Waals surface area contributed by atoms with Crippen LogP contribution in [-0.2, 0) is 4.79 Å². The van der Waals surface area contributed by atoms with Gasteiger partial charge >= 0.3 is 0 Å². The summed E-state index contributed by atoms with van der Waals surface area (Å²) in [5.74, 6) is -0.503. The largest absolute Gasteiger partial charge is 0.452 e. The quantitative estimate of drug-likeness (QED) is 0.858. The molecule has 2 N–H and O–H groups in total. The molecule has 0 saturated carbocycles. The summed E-state index contributed by atoms with van der Waals surface area (Å²) in [7, 11) is 1.55. The molecule has 1 aromatic rings. The van der Waals surface area contributed by atoms with Gasteiger partial charge < -0.3 is 15.1 Å². The number of furan rings is 1. The number of nitrogens with one attached hydrogen (secondary N) is 2. The summed E-state index contributed by atoms with van der Waals surface area (Å²) < 4.78 is 4.81. The highest BCUT2D eigenvalue weighted by Crippen LogP contribution is 2.17. The molecule has 17 heavy (non-hydrogen) atoms. The van der Waals surface area contributed by atoms with Gasteiger partial charge in [-0.05, 0) is 31.5 Å². The second kappa shape index (κ2) is 5.23. The van der Waals surface area contributed by atoms with E-state index in [0.29, 0.717) is 0 Å². The van der Waals surface area contributed by atoms with E-state index >= 15 is 0 Å². The molecule has 0 atom stereocenters. The summed E-state index contributed by atoms with van der Waals surface area (Å²) >= 11 is 5.67. The van der Waals surface area contributed by atoms with Gasteiger partial charge in [-0.25, -0.2) is 0 Å². The van der Waals surface area contributed by atoms with E-state index in [-0.39, 0.29) is 29.1 Å². The number of carbonyl (C=O) groups is 2. The van der Waals surface area contributed by atoms with E-state index in [0.717, 1.165) is 0 Å². The average molecular weight is 259 g/mol. The summed E-state index contributed by atoms with van der Waals surface area (Å²) in [5, 5.41) is 5.22. The molecule has 0 aliphatic rings. The highest BCUT2D eigenvalue weighted by molar-refractivity contribution is 6.32. The van der Waals surface area contributed by atoms with Crippen molar-refractivity contribution in [2.45, 2.75) is 13.8 Å². The van der Waals surface area contributed by atoms with Gasteiger partial charge in [0.15, 0.2) is 0 Å². The van der Waals surface area contributed by atoms with Gasteiger partial charge in [0.25, 0.3) is 5.91 Å². The minimum absolute atomic E-state index is 0.0419. The van der Waals surface area contributed by atoms with E-state index in [1.807, 2.05) is 0 Å². The Hall–Kier alpha value is -1.49. The predicted molar refractivity (Wildman–Crippen MR) is 63.9 cm³/mol. The van der Waals surface area contributed by atoms with E-state index in [2.05, 4.69) is 10.6 Å². The topological polar surface area (TPSA) is 71.3 Å². The van der Waals surface area contributed by atoms with E-state index in [1.165, 1.54) is 12.3 Å². The Bertz CT molecular complexity index is 426. The van der Waals surface area contributed by atoms with Crippen molar-refractivity contribution < 1.29 is 14.0 Å². The first-order valence-electron chi connectivity index (χ1n) is 5.12. The maximum atomic E-state index is 11.7. The fourth-order valence-corrected chi connectivity index (χ4v) is 1.47. The first-order chi connectivity index (χ1) is 7.88. The second-order valence-electron chi connectivity index (χ2n) is 4.25. The molecule has 0 aliphatic heterocycles. The van der Waals surface area contributed by atoms with Gasteiger partial charge in [-0.1, -0.05) is 0 Å². The van der Waals surface area contributed by atoms with Crippen molar-refractivity contribution in [2.75, 3.05) is 13.6 Å². The van der Waals surface area contributed by atoms with Crippen LogP contribution < -0.4 is 10.6 Å². The van der Waals surface area contributed by atoms with Crippen LogP contribution in [0.1, 0.15) is 24.2 Å². The number of rotatable bonds is 4. The maximum absolute atomic E-state index is 11.7. The van der Waals surface area contributed by atoms with Gasteiger partial charge in [-0.15, -0.1) is 0 Å². The molecular weight excluding hydrogens is 244 g/mol. The number of amides is 2. The van der Waals surface area contributed by atoms with Crippen molar-refractivity contribution in [3.8, 4) is 0 Å². The van der Waals surface area contributed by atoms with E-state index in [4.69, 9.17) is 16.0 Å². The molecule has 1 heterocycles. The zero-order valence-corrected chi connectivity index (χ0v) is 10.7. The van der Waals surface area contributed by atoms with Gasteiger partial charge in [0.1, 0.15) is 0 Å². The highest BCUT2D eigenvalue weighted by Gasteiger charge is 2.27. The van der Waals surface area contributed by atoms with Crippen molar-refractivity contribution in [3.63, 3.8) is 0 Å². The van der Waals surface area contributed by atoms with Crippen LogP contribution >= 0.6 is 11.6 Å². The van der Waals surface area contributed by atoms with Crippen LogP contribution in [0.4, 0.5) is 0 Å². The normalized spacial score (nSPS) is 11.1. The van der Waals surface area contributed by atoms with E-state index in [1.54, 1.807) is 20.9 Å². The lowest BCUT2D eigenvalue weighted by Gasteiger charge is -2.22. The fourth-order valence-electron chi connectivity index (χ4n) is 1.27. The maximum Gasteiger partial charge on any atom is 0.256 e. The van der Waals surface area contributed by atoms with Crippen LogP contribution in [-0.4, -0.2) is 25.4 Å². The van der Waals surface area contributed by atoms with Crippen molar-refractivity contribution >= 4 is 23.4 Å². The number of halogens is 1. The average Bonchev–Trinajstić information content (AvgIpc) is 2.71. The van der Waals surface area contributed by atoms with E-state index < -0.39 is 5.41 Å². The molecule has 1 aromatic heterocycles. The zero-order chi connectivity index (χ0) is 13.1. The third-order valence-corrected chi connectivity index (χ3v) is 2.69. The molecule has 5 nitrogen and oxygen atoms in total. The fraction of sp³-hybridized carbons (Fsp3) is 0.455. The Balaban J connectivity index is 2.60. The summed E-state index contributed by atoms with van der Waals surface area (Å²) in [6.45, 7) is 3.69. The smallest absolute Gasteiger partial charge is 0.256 e. The van der Waals surface area contributed by atoms with Crippen LogP contribution in [0.25, 0.3) is 0 Å². The van der Waals surface area contributed by atoms with Gasteiger partial charge in [-0.3, -0.25) is 9.59 Å². The van der Waals surface area contributed by atoms with Crippen LogP contribution in [0.3, 0.4) is 0 Å². The Labute approximate surface area is 105 Å². The van der Waals surface area contributed by atoms with Gasteiger partial charge in [0.2, 0.25) is 11.1 Å². The molecule has 0 bridgehead atoms. The summed E-state index contributed by atoms with van der Waals surface area (Å²) in [6, 6.07) is 1.48. The predicted octanol–water partition coefficient (Wildman–Crippen LogP) is 1.43. The summed E-state index contributed by atoms with van der Waals surface area (Å²) in [6.07, 6.45) is 1.33. The van der Waals surface area contributed by atoms with Crippen LogP contribution in [0.15, 0.2) is 16.7 Å². The van der Waals surface area contributed by atoms with Gasteiger partial charge in [-0.2, -0.15) is 0 Å². The molecule has 0 unspecified atom stereocenters. The number of hydrogen-bond donors (Lipinski definition) is 2. The molecule has 1 rings (SSSR count). The molecule has 0 spiro atoms. The van der Waals surface area contributed by atoms with Crippen molar-refractivity contribution in [1.29, 1.82) is 0 Å². The Morgan fingerprint density at radius 2 is 2.12 bits per heavy atom. The molecule has 0 saturated heterocycles. The monoisotopic (exact) mass is 258 g/mol. The second-order valence-corrected chi connectivity index (χ2v) is 4.60. The first-order valence-corrected chi connectivity index (χ1v) is 5.49. The molecule has 0 aromatic carbocycles.